The number of benzene rings is 1. The highest BCUT2D eigenvalue weighted by molar-refractivity contribution is 9.09. The zero-order valence-electron chi connectivity index (χ0n) is 10.8. The number of halogens is 1. The zero-order chi connectivity index (χ0) is 12.5. The van der Waals surface area contributed by atoms with E-state index >= 15 is 0 Å². The molecule has 0 aliphatic heterocycles. The third-order valence-electron chi connectivity index (χ3n) is 2.82. The van der Waals surface area contributed by atoms with Gasteiger partial charge in [-0.05, 0) is 37.1 Å². The van der Waals surface area contributed by atoms with Gasteiger partial charge >= 0.3 is 0 Å². The van der Waals surface area contributed by atoms with Crippen LogP contribution in [0.2, 0.25) is 0 Å². The molecule has 0 saturated carbocycles. The quantitative estimate of drug-likeness (QED) is 0.683. The molecule has 0 saturated heterocycles. The molecule has 0 spiro atoms. The van der Waals surface area contributed by atoms with E-state index in [-0.39, 0.29) is 0 Å². The second-order valence-corrected chi connectivity index (χ2v) is 4.92. The Balaban J connectivity index is 2.41. The first-order chi connectivity index (χ1) is 8.30. The molecule has 1 aromatic carbocycles. The average Bonchev–Trinajstić information content (AvgIpc) is 2.37. The van der Waals surface area contributed by atoms with Gasteiger partial charge in [0, 0.05) is 18.4 Å². The number of rotatable bonds is 8. The van der Waals surface area contributed by atoms with Crippen LogP contribution in [0.1, 0.15) is 18.9 Å². The second-order valence-electron chi connectivity index (χ2n) is 4.13. The Morgan fingerprint density at radius 1 is 1.12 bits per heavy atom. The number of ether oxygens (including phenoxy) is 1. The van der Waals surface area contributed by atoms with Crippen LogP contribution in [0.15, 0.2) is 24.3 Å². The third-order valence-corrected chi connectivity index (χ3v) is 3.17. The summed E-state index contributed by atoms with van der Waals surface area (Å²) < 4.78 is 5.16. The first kappa shape index (κ1) is 14.5. The molecule has 0 amide bonds. The van der Waals surface area contributed by atoms with Crippen molar-refractivity contribution in [3.8, 4) is 5.75 Å². The fraction of sp³-hybridized carbons (Fsp3) is 0.571. The fourth-order valence-electron chi connectivity index (χ4n) is 1.85. The lowest BCUT2D eigenvalue weighted by Crippen LogP contribution is -2.28. The summed E-state index contributed by atoms with van der Waals surface area (Å²) in [5, 5.41) is 1.05. The maximum atomic E-state index is 5.16. The van der Waals surface area contributed by atoms with Gasteiger partial charge in [0.05, 0.1) is 7.11 Å². The molecular weight excluding hydrogens is 278 g/mol. The number of alkyl halides is 1. The highest BCUT2D eigenvalue weighted by Gasteiger charge is 2.03. The first-order valence-corrected chi connectivity index (χ1v) is 7.33. The maximum absolute atomic E-state index is 5.16. The van der Waals surface area contributed by atoms with Crippen molar-refractivity contribution in [2.45, 2.75) is 19.8 Å². The molecule has 0 fully saturated rings. The predicted molar refractivity (Wildman–Crippen MR) is 77.2 cm³/mol. The van der Waals surface area contributed by atoms with E-state index in [1.807, 2.05) is 12.1 Å². The Labute approximate surface area is 113 Å². The molecule has 2 nitrogen and oxygen atoms in total. The van der Waals surface area contributed by atoms with Crippen molar-refractivity contribution < 1.29 is 4.74 Å². The van der Waals surface area contributed by atoms with Crippen LogP contribution >= 0.6 is 15.9 Å². The van der Waals surface area contributed by atoms with Crippen molar-refractivity contribution >= 4 is 15.9 Å². The van der Waals surface area contributed by atoms with Gasteiger partial charge in [0.25, 0.3) is 0 Å². The summed E-state index contributed by atoms with van der Waals surface area (Å²) >= 11 is 3.51. The van der Waals surface area contributed by atoms with Crippen LogP contribution in [-0.2, 0) is 6.42 Å². The molecule has 3 heteroatoms. The maximum Gasteiger partial charge on any atom is 0.118 e. The van der Waals surface area contributed by atoms with Gasteiger partial charge in [-0.2, -0.15) is 0 Å². The van der Waals surface area contributed by atoms with E-state index in [1.54, 1.807) is 7.11 Å². The molecule has 0 radical (unpaired) electrons. The molecule has 0 atom stereocenters. The highest BCUT2D eigenvalue weighted by atomic mass is 79.9. The van der Waals surface area contributed by atoms with Crippen LogP contribution in [0.3, 0.4) is 0 Å². The smallest absolute Gasteiger partial charge is 0.118 e. The van der Waals surface area contributed by atoms with Crippen molar-refractivity contribution in [2.75, 3.05) is 32.1 Å². The molecule has 0 aromatic heterocycles. The summed E-state index contributed by atoms with van der Waals surface area (Å²) in [6.45, 7) is 5.67. The van der Waals surface area contributed by atoms with Crippen LogP contribution in [0, 0.1) is 0 Å². The lowest BCUT2D eigenvalue weighted by atomic mass is 10.1. The van der Waals surface area contributed by atoms with Crippen LogP contribution < -0.4 is 4.74 Å². The molecular formula is C14H22BrNO. The van der Waals surface area contributed by atoms with E-state index in [2.05, 4.69) is 39.9 Å². The average molecular weight is 300 g/mol. The van der Waals surface area contributed by atoms with Gasteiger partial charge in [0.15, 0.2) is 0 Å². The van der Waals surface area contributed by atoms with Gasteiger partial charge in [0.2, 0.25) is 0 Å². The van der Waals surface area contributed by atoms with Crippen molar-refractivity contribution in [3.63, 3.8) is 0 Å². The Bertz CT molecular complexity index is 294. The molecule has 96 valence electrons. The lowest BCUT2D eigenvalue weighted by molar-refractivity contribution is 0.295. The normalized spacial score (nSPS) is 10.8. The summed E-state index contributed by atoms with van der Waals surface area (Å²) in [6, 6.07) is 8.36. The Morgan fingerprint density at radius 3 is 2.35 bits per heavy atom. The molecule has 0 bridgehead atoms. The predicted octanol–water partition coefficient (Wildman–Crippen LogP) is 3.34. The monoisotopic (exact) mass is 299 g/mol. The fourth-order valence-corrected chi connectivity index (χ4v) is 2.35. The van der Waals surface area contributed by atoms with Crippen LogP contribution in [-0.4, -0.2) is 37.0 Å². The number of hydrogen-bond donors (Lipinski definition) is 0. The molecule has 17 heavy (non-hydrogen) atoms. The van der Waals surface area contributed by atoms with Crippen molar-refractivity contribution in [1.82, 2.24) is 4.90 Å². The van der Waals surface area contributed by atoms with Gasteiger partial charge in [-0.1, -0.05) is 35.0 Å². The van der Waals surface area contributed by atoms with E-state index in [9.17, 15) is 0 Å². The summed E-state index contributed by atoms with van der Waals surface area (Å²) in [5.41, 5.74) is 1.38. The van der Waals surface area contributed by atoms with Gasteiger partial charge < -0.3 is 9.64 Å². The molecule has 0 aliphatic carbocycles. The highest BCUT2D eigenvalue weighted by Crippen LogP contribution is 2.12. The van der Waals surface area contributed by atoms with E-state index < -0.39 is 0 Å². The minimum absolute atomic E-state index is 0.930. The molecule has 1 rings (SSSR count). The van der Waals surface area contributed by atoms with Crippen molar-refractivity contribution in [3.05, 3.63) is 29.8 Å². The van der Waals surface area contributed by atoms with E-state index in [0.717, 1.165) is 30.6 Å². The van der Waals surface area contributed by atoms with E-state index in [0.29, 0.717) is 0 Å². The molecule has 0 unspecified atom stereocenters. The molecule has 0 N–H and O–H groups in total. The minimum atomic E-state index is 0.930. The minimum Gasteiger partial charge on any atom is -0.497 e. The lowest BCUT2D eigenvalue weighted by Gasteiger charge is -2.20. The summed E-state index contributed by atoms with van der Waals surface area (Å²) in [7, 11) is 1.70. The molecule has 1 aromatic rings. The Morgan fingerprint density at radius 2 is 1.82 bits per heavy atom. The SMILES string of the molecule is CCCN(CCBr)CCc1ccc(OC)cc1. The van der Waals surface area contributed by atoms with Crippen molar-refractivity contribution in [2.24, 2.45) is 0 Å². The van der Waals surface area contributed by atoms with Gasteiger partial charge in [0.1, 0.15) is 5.75 Å². The van der Waals surface area contributed by atoms with Gasteiger partial charge in [-0.3, -0.25) is 0 Å². The summed E-state index contributed by atoms with van der Waals surface area (Å²) in [6.07, 6.45) is 2.33. The largest absolute Gasteiger partial charge is 0.497 e. The number of nitrogens with zero attached hydrogens (tertiary/aromatic N) is 1. The molecule has 0 aliphatic rings. The van der Waals surface area contributed by atoms with E-state index in [1.165, 1.54) is 18.5 Å². The zero-order valence-corrected chi connectivity index (χ0v) is 12.4. The van der Waals surface area contributed by atoms with Gasteiger partial charge in [-0.15, -0.1) is 0 Å². The first-order valence-electron chi connectivity index (χ1n) is 6.21. The second kappa shape index (κ2) is 8.54. The van der Waals surface area contributed by atoms with Crippen LogP contribution in [0.4, 0.5) is 0 Å². The van der Waals surface area contributed by atoms with Crippen LogP contribution in [0.5, 0.6) is 5.75 Å². The standard InChI is InChI=1S/C14H22BrNO/c1-3-10-16(12-9-15)11-8-13-4-6-14(17-2)7-5-13/h4-7H,3,8-12H2,1-2H3. The molecule has 0 heterocycles. The summed E-state index contributed by atoms with van der Waals surface area (Å²) in [5.74, 6) is 0.930. The topological polar surface area (TPSA) is 12.5 Å². The van der Waals surface area contributed by atoms with Gasteiger partial charge in [-0.25, -0.2) is 0 Å². The van der Waals surface area contributed by atoms with E-state index in [4.69, 9.17) is 4.74 Å². The number of methoxy groups -OCH3 is 1. The Kier molecular flexibility index (Phi) is 7.29. The van der Waals surface area contributed by atoms with Crippen molar-refractivity contribution in [1.29, 1.82) is 0 Å². The summed E-state index contributed by atoms with van der Waals surface area (Å²) in [4.78, 5) is 2.50. The van der Waals surface area contributed by atoms with Crippen LogP contribution in [0.25, 0.3) is 0 Å². The third kappa shape index (κ3) is 5.55. The number of hydrogen-bond acceptors (Lipinski definition) is 2. The Hall–Kier alpha value is -0.540.